The monoisotopic (exact) mass is 287 g/mol. The molecule has 0 radical (unpaired) electrons. The summed E-state index contributed by atoms with van der Waals surface area (Å²) >= 11 is 0. The largest absolute Gasteiger partial charge is 0.300 e. The normalized spacial score (nSPS) is 36.5. The molecular formula is C18H29N3. The summed E-state index contributed by atoms with van der Waals surface area (Å²) in [4.78, 5) is 2.63. The number of nitriles is 1. The van der Waals surface area contributed by atoms with E-state index in [-0.39, 0.29) is 5.54 Å². The summed E-state index contributed by atoms with van der Waals surface area (Å²) in [6, 6.07) is 3.35. The Morgan fingerprint density at radius 2 is 1.76 bits per heavy atom. The van der Waals surface area contributed by atoms with Crippen LogP contribution in [-0.2, 0) is 0 Å². The van der Waals surface area contributed by atoms with Crippen molar-refractivity contribution in [3.05, 3.63) is 0 Å². The minimum Gasteiger partial charge on any atom is -0.300 e. The molecule has 0 spiro atoms. The third-order valence-corrected chi connectivity index (χ3v) is 6.36. The fourth-order valence-corrected chi connectivity index (χ4v) is 4.79. The van der Waals surface area contributed by atoms with E-state index in [1.165, 1.54) is 70.9 Å². The van der Waals surface area contributed by atoms with Gasteiger partial charge in [-0.1, -0.05) is 19.3 Å². The quantitative estimate of drug-likeness (QED) is 0.845. The van der Waals surface area contributed by atoms with Crippen molar-refractivity contribution in [1.29, 1.82) is 5.26 Å². The summed E-state index contributed by atoms with van der Waals surface area (Å²) in [6.07, 6.45) is 12.2. The molecule has 4 rings (SSSR count). The van der Waals surface area contributed by atoms with Crippen molar-refractivity contribution in [2.75, 3.05) is 19.6 Å². The Morgan fingerprint density at radius 3 is 2.43 bits per heavy atom. The Kier molecular flexibility index (Phi) is 3.71. The second kappa shape index (κ2) is 5.56. The van der Waals surface area contributed by atoms with E-state index in [9.17, 15) is 5.26 Å². The van der Waals surface area contributed by atoms with E-state index in [1.54, 1.807) is 0 Å². The molecule has 0 aromatic rings. The predicted molar refractivity (Wildman–Crippen MR) is 83.7 cm³/mol. The first-order valence-electron chi connectivity index (χ1n) is 9.20. The lowest BCUT2D eigenvalue weighted by atomic mass is 9.75. The van der Waals surface area contributed by atoms with E-state index in [1.807, 2.05) is 0 Å². The van der Waals surface area contributed by atoms with Crippen molar-refractivity contribution in [1.82, 2.24) is 10.2 Å². The second-order valence-corrected chi connectivity index (χ2v) is 8.10. The van der Waals surface area contributed by atoms with Gasteiger partial charge in [0.15, 0.2) is 0 Å². The highest BCUT2D eigenvalue weighted by molar-refractivity contribution is 5.18. The Bertz CT molecular complexity index is 421. The highest BCUT2D eigenvalue weighted by Crippen LogP contribution is 2.43. The highest BCUT2D eigenvalue weighted by Gasteiger charge is 2.49. The van der Waals surface area contributed by atoms with Crippen molar-refractivity contribution < 1.29 is 0 Å². The molecule has 0 amide bonds. The van der Waals surface area contributed by atoms with E-state index >= 15 is 0 Å². The Balaban J connectivity index is 1.41. The van der Waals surface area contributed by atoms with E-state index in [4.69, 9.17) is 0 Å². The fourth-order valence-electron chi connectivity index (χ4n) is 4.79. The van der Waals surface area contributed by atoms with E-state index in [0.29, 0.717) is 12.0 Å². The Labute approximate surface area is 129 Å². The van der Waals surface area contributed by atoms with Gasteiger partial charge in [0.05, 0.1) is 6.07 Å². The molecule has 3 heteroatoms. The fraction of sp³-hybridized carbons (Fsp3) is 0.944. The maximum atomic E-state index is 9.89. The molecule has 1 N–H and O–H groups in total. The van der Waals surface area contributed by atoms with Crippen LogP contribution in [0.4, 0.5) is 0 Å². The topological polar surface area (TPSA) is 39.1 Å². The number of piperidine rings is 1. The van der Waals surface area contributed by atoms with Crippen LogP contribution in [0, 0.1) is 29.1 Å². The summed E-state index contributed by atoms with van der Waals surface area (Å²) in [5.74, 6) is 2.53. The van der Waals surface area contributed by atoms with Crippen LogP contribution >= 0.6 is 0 Å². The third-order valence-electron chi connectivity index (χ3n) is 6.36. The molecular weight excluding hydrogens is 258 g/mol. The zero-order valence-electron chi connectivity index (χ0n) is 13.2. The van der Waals surface area contributed by atoms with Crippen molar-refractivity contribution in [3.63, 3.8) is 0 Å². The molecule has 4 fully saturated rings. The van der Waals surface area contributed by atoms with Crippen molar-refractivity contribution in [3.8, 4) is 6.07 Å². The average Bonchev–Trinajstić information content (AvgIpc) is 3.38. The molecule has 3 unspecified atom stereocenters. The SMILES string of the molecule is N#CC(CN1CCC2CCCCC2C1)(NC1CC1)C1CC1. The van der Waals surface area contributed by atoms with Gasteiger partial charge < -0.3 is 4.90 Å². The third kappa shape index (κ3) is 2.98. The molecule has 0 aromatic heterocycles. The van der Waals surface area contributed by atoms with Crippen LogP contribution in [0.25, 0.3) is 0 Å². The lowest BCUT2D eigenvalue weighted by molar-refractivity contribution is 0.0682. The van der Waals surface area contributed by atoms with Gasteiger partial charge in [0.2, 0.25) is 0 Å². The van der Waals surface area contributed by atoms with Gasteiger partial charge in [-0.05, 0) is 62.8 Å². The minimum atomic E-state index is -0.233. The first-order chi connectivity index (χ1) is 10.3. The minimum absolute atomic E-state index is 0.233. The van der Waals surface area contributed by atoms with Gasteiger partial charge in [0.25, 0.3) is 0 Å². The smallest absolute Gasteiger partial charge is 0.122 e. The van der Waals surface area contributed by atoms with Gasteiger partial charge in [-0.3, -0.25) is 5.32 Å². The number of nitrogens with zero attached hydrogens (tertiary/aromatic N) is 2. The lowest BCUT2D eigenvalue weighted by Crippen LogP contribution is -2.57. The molecule has 4 aliphatic rings. The van der Waals surface area contributed by atoms with E-state index in [2.05, 4.69) is 16.3 Å². The van der Waals surface area contributed by atoms with Gasteiger partial charge >= 0.3 is 0 Å². The molecule has 0 bridgehead atoms. The Hall–Kier alpha value is -0.590. The number of fused-ring (bicyclic) bond motifs is 1. The van der Waals surface area contributed by atoms with Gasteiger partial charge in [0, 0.05) is 19.1 Å². The van der Waals surface area contributed by atoms with Crippen LogP contribution in [0.15, 0.2) is 0 Å². The summed E-state index contributed by atoms with van der Waals surface area (Å²) in [5.41, 5.74) is -0.233. The van der Waals surface area contributed by atoms with Crippen LogP contribution in [0.1, 0.15) is 57.8 Å². The van der Waals surface area contributed by atoms with Gasteiger partial charge in [-0.15, -0.1) is 0 Å². The van der Waals surface area contributed by atoms with Gasteiger partial charge in [0.1, 0.15) is 5.54 Å². The second-order valence-electron chi connectivity index (χ2n) is 8.10. The van der Waals surface area contributed by atoms with Gasteiger partial charge in [-0.25, -0.2) is 0 Å². The number of hydrogen-bond donors (Lipinski definition) is 1. The van der Waals surface area contributed by atoms with Crippen molar-refractivity contribution in [2.45, 2.75) is 69.4 Å². The maximum absolute atomic E-state index is 9.89. The molecule has 1 saturated heterocycles. The number of nitrogens with one attached hydrogen (secondary N) is 1. The summed E-state index contributed by atoms with van der Waals surface area (Å²) in [7, 11) is 0. The summed E-state index contributed by atoms with van der Waals surface area (Å²) < 4.78 is 0. The molecule has 3 atom stereocenters. The molecule has 3 aliphatic carbocycles. The number of hydrogen-bond acceptors (Lipinski definition) is 3. The molecule has 1 aliphatic heterocycles. The summed E-state index contributed by atoms with van der Waals surface area (Å²) in [6.45, 7) is 3.46. The molecule has 116 valence electrons. The van der Waals surface area contributed by atoms with Gasteiger partial charge in [-0.2, -0.15) is 5.26 Å². The molecule has 3 saturated carbocycles. The van der Waals surface area contributed by atoms with Crippen molar-refractivity contribution >= 4 is 0 Å². The molecule has 1 heterocycles. The Morgan fingerprint density at radius 1 is 1.00 bits per heavy atom. The highest BCUT2D eigenvalue weighted by atomic mass is 15.2. The molecule has 3 nitrogen and oxygen atoms in total. The zero-order chi connectivity index (χ0) is 14.3. The average molecular weight is 287 g/mol. The van der Waals surface area contributed by atoms with E-state index < -0.39 is 0 Å². The van der Waals surface area contributed by atoms with Crippen LogP contribution in [0.5, 0.6) is 0 Å². The zero-order valence-corrected chi connectivity index (χ0v) is 13.2. The molecule has 21 heavy (non-hydrogen) atoms. The summed E-state index contributed by atoms with van der Waals surface area (Å²) in [5, 5.41) is 13.6. The standard InChI is InChI=1S/C18H29N3/c19-12-18(16-5-6-16,20-17-7-8-17)13-21-10-9-14-3-1-2-4-15(14)11-21/h14-17,20H,1-11,13H2. The number of rotatable bonds is 5. The first-order valence-corrected chi connectivity index (χ1v) is 9.20. The maximum Gasteiger partial charge on any atom is 0.122 e. The van der Waals surface area contributed by atoms with Crippen LogP contribution < -0.4 is 5.32 Å². The van der Waals surface area contributed by atoms with Crippen LogP contribution in [0.2, 0.25) is 0 Å². The van der Waals surface area contributed by atoms with Crippen LogP contribution in [-0.4, -0.2) is 36.1 Å². The lowest BCUT2D eigenvalue weighted by Gasteiger charge is -2.44. The molecule has 0 aromatic carbocycles. The predicted octanol–water partition coefficient (Wildman–Crippen LogP) is 2.92. The number of likely N-dealkylation sites (tertiary alicyclic amines) is 1. The van der Waals surface area contributed by atoms with Crippen molar-refractivity contribution in [2.24, 2.45) is 17.8 Å². The van der Waals surface area contributed by atoms with E-state index in [0.717, 1.165) is 18.4 Å². The van der Waals surface area contributed by atoms with Crippen LogP contribution in [0.3, 0.4) is 0 Å². The first kappa shape index (κ1) is 14.0.